The number of carboxylic acids is 1. The first kappa shape index (κ1) is 19.2. The van der Waals surface area contributed by atoms with Gasteiger partial charge in [-0.05, 0) is 12.5 Å². The number of aryl methyl sites for hydroxylation is 1. The number of rotatable bonds is 6. The molecule has 148 valence electrons. The van der Waals surface area contributed by atoms with Crippen molar-refractivity contribution in [2.75, 3.05) is 18.6 Å². The van der Waals surface area contributed by atoms with E-state index in [0.29, 0.717) is 35.3 Å². The number of carboxylic acid groups (broad SMARTS) is 1. The Balaban J connectivity index is 1.58. The minimum Gasteiger partial charge on any atom is -0.477 e. The number of aromatic nitrogens is 4. The third kappa shape index (κ3) is 3.15. The van der Waals surface area contributed by atoms with E-state index in [9.17, 15) is 14.7 Å². The maximum atomic E-state index is 12.0. The molecule has 10 nitrogen and oxygen atoms in total. The molecule has 28 heavy (non-hydrogen) atoms. The fraction of sp³-hybridized carbons (Fsp3) is 0.438. The van der Waals surface area contributed by atoms with E-state index in [1.165, 1.54) is 28.4 Å². The first-order valence-electron chi connectivity index (χ1n) is 8.41. The van der Waals surface area contributed by atoms with Crippen LogP contribution in [-0.4, -0.2) is 71.5 Å². The topological polar surface area (TPSA) is 136 Å². The van der Waals surface area contributed by atoms with Crippen LogP contribution in [0.3, 0.4) is 0 Å². The van der Waals surface area contributed by atoms with Crippen molar-refractivity contribution in [2.24, 2.45) is 5.73 Å². The molecule has 0 spiro atoms. The largest absolute Gasteiger partial charge is 0.477 e. The van der Waals surface area contributed by atoms with Crippen LogP contribution >= 0.6 is 23.5 Å². The van der Waals surface area contributed by atoms with Gasteiger partial charge in [-0.25, -0.2) is 14.3 Å². The molecule has 2 aliphatic rings. The second-order valence-electron chi connectivity index (χ2n) is 6.38. The van der Waals surface area contributed by atoms with Crippen LogP contribution in [0, 0.1) is 6.92 Å². The minimum atomic E-state index is -1.10. The van der Waals surface area contributed by atoms with Crippen LogP contribution < -0.4 is 5.73 Å². The maximum absolute atomic E-state index is 12.0. The van der Waals surface area contributed by atoms with Gasteiger partial charge in [0.05, 0.1) is 5.69 Å². The number of amides is 1. The lowest BCUT2D eigenvalue weighted by molar-refractivity contribution is -0.147. The molecule has 4 heterocycles. The molecule has 12 heteroatoms. The first-order chi connectivity index (χ1) is 13.4. The molecule has 2 aromatic rings. The predicted octanol–water partition coefficient (Wildman–Crippen LogP) is 0.252. The summed E-state index contributed by atoms with van der Waals surface area (Å²) in [6.07, 6.45) is 1.82. The van der Waals surface area contributed by atoms with Gasteiger partial charge < -0.3 is 15.6 Å². The standard InChI is InChI=1S/C16H18N6O4S2/c1-7-9(3-21-16(18-7)19-10(20-21)4-26-2)27-5-8-6-28-14-11(17)13(23)22(14)12(8)15(24)25/h3,11,14H,4-6,17H2,1-2H3,(H,24,25)/t11?,14-/m0/s1. The normalized spacial score (nSPS) is 21.8. The van der Waals surface area contributed by atoms with Crippen LogP contribution in [0.4, 0.5) is 0 Å². The molecule has 4 rings (SSSR count). The summed E-state index contributed by atoms with van der Waals surface area (Å²) in [5.41, 5.74) is 7.30. The van der Waals surface area contributed by atoms with Gasteiger partial charge in [-0.3, -0.25) is 9.69 Å². The molecule has 1 unspecified atom stereocenters. The Labute approximate surface area is 168 Å². The number of ether oxygens (including phenoxy) is 1. The van der Waals surface area contributed by atoms with Gasteiger partial charge in [-0.2, -0.15) is 4.98 Å². The molecule has 2 aromatic heterocycles. The van der Waals surface area contributed by atoms with E-state index < -0.39 is 12.0 Å². The molecule has 1 amide bonds. The van der Waals surface area contributed by atoms with Crippen molar-refractivity contribution in [1.82, 2.24) is 24.5 Å². The lowest BCUT2D eigenvalue weighted by atomic mass is 10.0. The Morgan fingerprint density at radius 1 is 1.50 bits per heavy atom. The van der Waals surface area contributed by atoms with Crippen LogP contribution in [0.2, 0.25) is 0 Å². The number of hydrogen-bond donors (Lipinski definition) is 2. The monoisotopic (exact) mass is 422 g/mol. The van der Waals surface area contributed by atoms with Crippen LogP contribution in [0.5, 0.6) is 0 Å². The summed E-state index contributed by atoms with van der Waals surface area (Å²) >= 11 is 2.95. The van der Waals surface area contributed by atoms with Crippen LogP contribution in [-0.2, 0) is 20.9 Å². The quantitative estimate of drug-likeness (QED) is 0.492. The van der Waals surface area contributed by atoms with E-state index >= 15 is 0 Å². The van der Waals surface area contributed by atoms with Crippen molar-refractivity contribution in [3.8, 4) is 0 Å². The zero-order valence-electron chi connectivity index (χ0n) is 15.2. The van der Waals surface area contributed by atoms with Gasteiger partial charge in [0, 0.05) is 29.7 Å². The predicted molar refractivity (Wildman–Crippen MR) is 103 cm³/mol. The number of thioether (sulfide) groups is 2. The SMILES string of the molecule is COCc1nc2nc(C)c(SCC3=C(C(=O)O)N4C(=O)C(N)[C@@H]4SC3)cn2n1. The van der Waals surface area contributed by atoms with Gasteiger partial charge in [-0.1, -0.05) is 0 Å². The van der Waals surface area contributed by atoms with E-state index in [1.807, 2.05) is 13.1 Å². The summed E-state index contributed by atoms with van der Waals surface area (Å²) < 4.78 is 6.63. The number of carbonyl (C=O) groups excluding carboxylic acids is 1. The van der Waals surface area contributed by atoms with E-state index in [-0.39, 0.29) is 17.0 Å². The second-order valence-corrected chi connectivity index (χ2v) is 8.50. The fourth-order valence-electron chi connectivity index (χ4n) is 3.12. The zero-order chi connectivity index (χ0) is 20.0. The molecular weight excluding hydrogens is 404 g/mol. The average Bonchev–Trinajstić information content (AvgIpc) is 3.05. The molecule has 0 radical (unpaired) electrons. The van der Waals surface area contributed by atoms with Crippen molar-refractivity contribution in [2.45, 2.75) is 29.8 Å². The zero-order valence-corrected chi connectivity index (χ0v) is 16.8. The number of nitrogens with zero attached hydrogens (tertiary/aromatic N) is 5. The highest BCUT2D eigenvalue weighted by Gasteiger charge is 2.51. The molecule has 0 aromatic carbocycles. The number of carbonyl (C=O) groups is 2. The molecule has 2 aliphatic heterocycles. The van der Waals surface area contributed by atoms with E-state index in [2.05, 4.69) is 15.1 Å². The summed E-state index contributed by atoms with van der Waals surface area (Å²) in [5, 5.41) is 13.7. The number of fused-ring (bicyclic) bond motifs is 2. The Hall–Kier alpha value is -2.15. The number of hydrogen-bond acceptors (Lipinski definition) is 9. The maximum Gasteiger partial charge on any atom is 0.352 e. The van der Waals surface area contributed by atoms with Gasteiger partial charge in [0.25, 0.3) is 5.78 Å². The van der Waals surface area contributed by atoms with Gasteiger partial charge in [0.2, 0.25) is 5.91 Å². The highest BCUT2D eigenvalue weighted by atomic mass is 32.2. The van der Waals surface area contributed by atoms with Gasteiger partial charge >= 0.3 is 5.97 Å². The van der Waals surface area contributed by atoms with Crippen LogP contribution in [0.15, 0.2) is 22.4 Å². The lowest BCUT2D eigenvalue weighted by Gasteiger charge is -2.48. The molecule has 2 atom stereocenters. The number of nitrogens with two attached hydrogens (primary N) is 1. The summed E-state index contributed by atoms with van der Waals surface area (Å²) in [6.45, 7) is 2.16. The summed E-state index contributed by atoms with van der Waals surface area (Å²) in [5.74, 6) is 0.517. The van der Waals surface area contributed by atoms with Crippen molar-refractivity contribution in [3.63, 3.8) is 0 Å². The smallest absolute Gasteiger partial charge is 0.352 e. The Morgan fingerprint density at radius 3 is 3.00 bits per heavy atom. The summed E-state index contributed by atoms with van der Waals surface area (Å²) in [7, 11) is 1.57. The third-order valence-corrected chi connectivity index (χ3v) is 7.05. The average molecular weight is 422 g/mol. The van der Waals surface area contributed by atoms with Crippen LogP contribution in [0.25, 0.3) is 5.78 Å². The number of β-lactam (4-membered cyclic amide) rings is 1. The Bertz CT molecular complexity index is 1010. The van der Waals surface area contributed by atoms with Gasteiger partial charge in [0.1, 0.15) is 23.7 Å². The Morgan fingerprint density at radius 2 is 2.29 bits per heavy atom. The van der Waals surface area contributed by atoms with E-state index in [1.54, 1.807) is 11.6 Å². The molecule has 0 aliphatic carbocycles. The molecule has 1 fully saturated rings. The van der Waals surface area contributed by atoms with Crippen molar-refractivity contribution < 1.29 is 19.4 Å². The molecule has 3 N–H and O–H groups in total. The van der Waals surface area contributed by atoms with Crippen molar-refractivity contribution in [3.05, 3.63) is 29.0 Å². The highest BCUT2D eigenvalue weighted by molar-refractivity contribution is 8.01. The third-order valence-electron chi connectivity index (χ3n) is 4.49. The summed E-state index contributed by atoms with van der Waals surface area (Å²) in [4.78, 5) is 34.7. The molecule has 0 saturated carbocycles. The fourth-order valence-corrected chi connectivity index (χ4v) is 5.54. The Kier molecular flexibility index (Phi) is 5.04. The van der Waals surface area contributed by atoms with Gasteiger partial charge in [-0.15, -0.1) is 28.6 Å². The van der Waals surface area contributed by atoms with Gasteiger partial charge in [0.15, 0.2) is 5.82 Å². The van der Waals surface area contributed by atoms with Crippen molar-refractivity contribution in [1.29, 1.82) is 0 Å². The molecule has 1 saturated heterocycles. The van der Waals surface area contributed by atoms with E-state index in [0.717, 1.165) is 10.6 Å². The molecular formula is C16H18N6O4S2. The van der Waals surface area contributed by atoms with Crippen LogP contribution in [0.1, 0.15) is 11.5 Å². The second kappa shape index (κ2) is 7.35. The molecule has 0 bridgehead atoms. The number of aliphatic carboxylic acids is 1. The first-order valence-corrected chi connectivity index (χ1v) is 10.4. The highest BCUT2D eigenvalue weighted by Crippen LogP contribution is 2.40. The minimum absolute atomic E-state index is 0.0535. The summed E-state index contributed by atoms with van der Waals surface area (Å²) in [6, 6.07) is -0.629. The van der Waals surface area contributed by atoms with E-state index in [4.69, 9.17) is 10.5 Å². The lowest BCUT2D eigenvalue weighted by Crippen LogP contribution is -2.68. The number of methoxy groups -OCH3 is 1. The van der Waals surface area contributed by atoms with Crippen molar-refractivity contribution >= 4 is 41.2 Å².